The van der Waals surface area contributed by atoms with Gasteiger partial charge in [0, 0.05) is 22.3 Å². The molecule has 0 spiro atoms. The van der Waals surface area contributed by atoms with Crippen molar-refractivity contribution in [3.8, 4) is 17.6 Å². The highest BCUT2D eigenvalue weighted by molar-refractivity contribution is 9.10. The van der Waals surface area contributed by atoms with Gasteiger partial charge in [0.15, 0.2) is 0 Å². The standard InChI is InChI=1S/C23H21BrN2O2/c1-27-21-10-8-20(9-11-21)26-15-18(14-25)22-13-19(24)7-12-23(22)28-16-17-5-3-2-4-6-17/h2-13,18,26H,15-16H2,1H3. The van der Waals surface area contributed by atoms with E-state index in [1.807, 2.05) is 72.8 Å². The second-order valence-electron chi connectivity index (χ2n) is 6.25. The maximum Gasteiger partial charge on any atom is 0.124 e. The third-order valence-electron chi connectivity index (χ3n) is 4.34. The third kappa shape index (κ3) is 5.28. The average Bonchev–Trinajstić information content (AvgIpc) is 2.75. The van der Waals surface area contributed by atoms with E-state index < -0.39 is 0 Å². The van der Waals surface area contributed by atoms with Crippen molar-refractivity contribution in [2.45, 2.75) is 12.5 Å². The number of hydrogen-bond donors (Lipinski definition) is 1. The molecule has 0 saturated heterocycles. The van der Waals surface area contributed by atoms with Gasteiger partial charge in [0.25, 0.3) is 0 Å². The van der Waals surface area contributed by atoms with Gasteiger partial charge >= 0.3 is 0 Å². The van der Waals surface area contributed by atoms with Crippen molar-refractivity contribution < 1.29 is 9.47 Å². The zero-order valence-electron chi connectivity index (χ0n) is 15.6. The van der Waals surface area contributed by atoms with Crippen LogP contribution in [0, 0.1) is 11.3 Å². The number of anilines is 1. The van der Waals surface area contributed by atoms with Gasteiger partial charge in [-0.3, -0.25) is 0 Å². The lowest BCUT2D eigenvalue weighted by Crippen LogP contribution is -2.12. The van der Waals surface area contributed by atoms with E-state index in [1.165, 1.54) is 0 Å². The van der Waals surface area contributed by atoms with E-state index in [4.69, 9.17) is 9.47 Å². The highest BCUT2D eigenvalue weighted by Gasteiger charge is 2.17. The number of ether oxygens (including phenoxy) is 2. The number of rotatable bonds is 8. The van der Waals surface area contributed by atoms with Crippen LogP contribution < -0.4 is 14.8 Å². The van der Waals surface area contributed by atoms with Gasteiger partial charge in [-0.25, -0.2) is 0 Å². The molecule has 3 rings (SSSR count). The molecule has 0 saturated carbocycles. The number of halogens is 1. The molecule has 0 aliphatic carbocycles. The lowest BCUT2D eigenvalue weighted by molar-refractivity contribution is 0.302. The summed E-state index contributed by atoms with van der Waals surface area (Å²) in [5.41, 5.74) is 2.87. The fourth-order valence-electron chi connectivity index (χ4n) is 2.81. The van der Waals surface area contributed by atoms with E-state index in [1.54, 1.807) is 7.11 Å². The van der Waals surface area contributed by atoms with Crippen molar-refractivity contribution in [1.29, 1.82) is 5.26 Å². The van der Waals surface area contributed by atoms with Gasteiger partial charge < -0.3 is 14.8 Å². The van der Waals surface area contributed by atoms with E-state index in [9.17, 15) is 5.26 Å². The van der Waals surface area contributed by atoms with Crippen LogP contribution in [-0.4, -0.2) is 13.7 Å². The first-order chi connectivity index (χ1) is 13.7. The van der Waals surface area contributed by atoms with E-state index in [0.717, 1.165) is 32.8 Å². The van der Waals surface area contributed by atoms with Crippen LogP contribution in [0.15, 0.2) is 77.3 Å². The summed E-state index contributed by atoms with van der Waals surface area (Å²) in [5, 5.41) is 13.1. The molecule has 28 heavy (non-hydrogen) atoms. The van der Waals surface area contributed by atoms with E-state index in [2.05, 4.69) is 27.3 Å². The quantitative estimate of drug-likeness (QED) is 0.487. The van der Waals surface area contributed by atoms with Crippen LogP contribution in [0.1, 0.15) is 17.0 Å². The Morgan fingerprint density at radius 1 is 1.04 bits per heavy atom. The molecule has 0 radical (unpaired) electrons. The average molecular weight is 437 g/mol. The summed E-state index contributed by atoms with van der Waals surface area (Å²) in [5.74, 6) is 1.16. The number of nitriles is 1. The molecule has 1 unspecified atom stereocenters. The number of nitrogens with zero attached hydrogens (tertiary/aromatic N) is 1. The molecule has 0 fully saturated rings. The fraction of sp³-hybridized carbons (Fsp3) is 0.174. The van der Waals surface area contributed by atoms with Gasteiger partial charge in [-0.1, -0.05) is 46.3 Å². The summed E-state index contributed by atoms with van der Waals surface area (Å²) >= 11 is 3.50. The van der Waals surface area contributed by atoms with E-state index >= 15 is 0 Å². The molecule has 0 aromatic heterocycles. The molecule has 0 bridgehead atoms. The Hall–Kier alpha value is -2.97. The first-order valence-electron chi connectivity index (χ1n) is 8.93. The Bertz CT molecular complexity index is 937. The molecule has 0 heterocycles. The smallest absolute Gasteiger partial charge is 0.124 e. The summed E-state index contributed by atoms with van der Waals surface area (Å²) in [7, 11) is 1.64. The topological polar surface area (TPSA) is 54.3 Å². The summed E-state index contributed by atoms with van der Waals surface area (Å²) in [6.07, 6.45) is 0. The second-order valence-corrected chi connectivity index (χ2v) is 7.16. The molecule has 1 N–H and O–H groups in total. The molecular weight excluding hydrogens is 416 g/mol. The van der Waals surface area contributed by atoms with E-state index in [-0.39, 0.29) is 5.92 Å². The predicted octanol–water partition coefficient (Wildman–Crippen LogP) is 5.76. The van der Waals surface area contributed by atoms with Gasteiger partial charge in [0.05, 0.1) is 19.1 Å². The summed E-state index contributed by atoms with van der Waals surface area (Å²) in [6.45, 7) is 0.931. The van der Waals surface area contributed by atoms with Crippen molar-refractivity contribution in [3.63, 3.8) is 0 Å². The molecule has 4 nitrogen and oxygen atoms in total. The molecule has 142 valence electrons. The van der Waals surface area contributed by atoms with Crippen LogP contribution in [0.5, 0.6) is 11.5 Å². The first-order valence-corrected chi connectivity index (χ1v) is 9.72. The number of hydrogen-bond acceptors (Lipinski definition) is 4. The Kier molecular flexibility index (Phi) is 6.94. The van der Waals surface area contributed by atoms with Crippen molar-refractivity contribution in [1.82, 2.24) is 0 Å². The Morgan fingerprint density at radius 3 is 2.46 bits per heavy atom. The minimum atomic E-state index is -0.356. The van der Waals surface area contributed by atoms with E-state index in [0.29, 0.717) is 13.2 Å². The second kappa shape index (κ2) is 9.82. The van der Waals surface area contributed by atoms with Crippen LogP contribution in [0.3, 0.4) is 0 Å². The molecule has 0 aliphatic heterocycles. The van der Waals surface area contributed by atoms with Crippen LogP contribution in [-0.2, 0) is 6.61 Å². The van der Waals surface area contributed by atoms with Gasteiger partial charge in [0.2, 0.25) is 0 Å². The monoisotopic (exact) mass is 436 g/mol. The largest absolute Gasteiger partial charge is 0.497 e. The van der Waals surface area contributed by atoms with Crippen LogP contribution in [0.4, 0.5) is 5.69 Å². The molecule has 0 amide bonds. The maximum absolute atomic E-state index is 9.76. The van der Waals surface area contributed by atoms with Crippen molar-refractivity contribution >= 4 is 21.6 Å². The highest BCUT2D eigenvalue weighted by atomic mass is 79.9. The number of nitrogens with one attached hydrogen (secondary N) is 1. The van der Waals surface area contributed by atoms with Crippen molar-refractivity contribution in [3.05, 3.63) is 88.4 Å². The molecular formula is C23H21BrN2O2. The molecule has 1 atom stereocenters. The molecule has 3 aromatic carbocycles. The lowest BCUT2D eigenvalue weighted by Gasteiger charge is -2.17. The van der Waals surface area contributed by atoms with Crippen LogP contribution >= 0.6 is 15.9 Å². The van der Waals surface area contributed by atoms with Gasteiger partial charge in [0.1, 0.15) is 18.1 Å². The zero-order chi connectivity index (χ0) is 19.8. The summed E-state index contributed by atoms with van der Waals surface area (Å²) in [4.78, 5) is 0. The summed E-state index contributed by atoms with van der Waals surface area (Å²) in [6, 6.07) is 25.8. The molecule has 3 aromatic rings. The Morgan fingerprint density at radius 2 is 1.79 bits per heavy atom. The Labute approximate surface area is 173 Å². The van der Waals surface area contributed by atoms with Gasteiger partial charge in [-0.2, -0.15) is 5.26 Å². The van der Waals surface area contributed by atoms with Gasteiger partial charge in [-0.15, -0.1) is 0 Å². The Balaban J connectivity index is 1.73. The minimum Gasteiger partial charge on any atom is -0.497 e. The zero-order valence-corrected chi connectivity index (χ0v) is 17.1. The SMILES string of the molecule is COc1ccc(NCC(C#N)c2cc(Br)ccc2OCc2ccccc2)cc1. The van der Waals surface area contributed by atoms with Crippen LogP contribution in [0.25, 0.3) is 0 Å². The highest BCUT2D eigenvalue weighted by Crippen LogP contribution is 2.31. The lowest BCUT2D eigenvalue weighted by atomic mass is 9.99. The molecule has 5 heteroatoms. The fourth-order valence-corrected chi connectivity index (χ4v) is 3.19. The third-order valence-corrected chi connectivity index (χ3v) is 4.83. The number of methoxy groups -OCH3 is 1. The number of benzene rings is 3. The normalized spacial score (nSPS) is 11.3. The minimum absolute atomic E-state index is 0.356. The maximum atomic E-state index is 9.76. The van der Waals surface area contributed by atoms with Crippen molar-refractivity contribution in [2.75, 3.05) is 19.0 Å². The first kappa shape index (κ1) is 19.8. The predicted molar refractivity (Wildman–Crippen MR) is 115 cm³/mol. The van der Waals surface area contributed by atoms with Gasteiger partial charge in [-0.05, 0) is 48.0 Å². The van der Waals surface area contributed by atoms with Crippen LogP contribution in [0.2, 0.25) is 0 Å². The molecule has 0 aliphatic rings. The van der Waals surface area contributed by atoms with Crippen molar-refractivity contribution in [2.24, 2.45) is 0 Å². The summed E-state index contributed by atoms with van der Waals surface area (Å²) < 4.78 is 12.1.